The number of amides is 1. The Hall–Kier alpha value is -3.40. The van der Waals surface area contributed by atoms with Gasteiger partial charge in [0, 0.05) is 24.1 Å². The molecule has 0 radical (unpaired) electrons. The van der Waals surface area contributed by atoms with Gasteiger partial charge in [0.25, 0.3) is 5.91 Å². The van der Waals surface area contributed by atoms with Crippen molar-refractivity contribution in [2.45, 2.75) is 19.4 Å². The quantitative estimate of drug-likeness (QED) is 0.649. The minimum absolute atomic E-state index is 0.0346. The average molecular weight is 384 g/mol. The Bertz CT molecular complexity index is 1030. The van der Waals surface area contributed by atoms with Crippen molar-refractivity contribution in [2.24, 2.45) is 4.99 Å². The molecule has 1 heterocycles. The molecule has 3 aromatic rings. The third kappa shape index (κ3) is 3.79. The highest BCUT2D eigenvalue weighted by Gasteiger charge is 2.31. The number of aliphatic imine (C=N–C) groups is 1. The maximum absolute atomic E-state index is 13.4. The predicted octanol–water partition coefficient (Wildman–Crippen LogP) is 4.51. The zero-order chi connectivity index (χ0) is 20.2. The van der Waals surface area contributed by atoms with E-state index in [4.69, 9.17) is 9.73 Å². The molecule has 0 saturated carbocycles. The number of carbonyl (C=O) groups excluding carboxylic acids is 1. The number of fused-ring (bicyclic) bond motifs is 1. The van der Waals surface area contributed by atoms with E-state index in [0.717, 1.165) is 33.8 Å². The summed E-state index contributed by atoms with van der Waals surface area (Å²) >= 11 is 0. The van der Waals surface area contributed by atoms with E-state index in [1.165, 1.54) is 0 Å². The Morgan fingerprint density at radius 2 is 1.62 bits per heavy atom. The lowest BCUT2D eigenvalue weighted by molar-refractivity contribution is -0.119. The Balaban J connectivity index is 1.85. The Morgan fingerprint density at radius 1 is 0.931 bits per heavy atom. The van der Waals surface area contributed by atoms with Gasteiger partial charge in [0.05, 0.1) is 18.5 Å². The van der Waals surface area contributed by atoms with E-state index in [1.807, 2.05) is 90.7 Å². The fourth-order valence-electron chi connectivity index (χ4n) is 3.76. The Labute approximate surface area is 171 Å². The van der Waals surface area contributed by atoms with E-state index < -0.39 is 6.04 Å². The number of hydrogen-bond acceptors (Lipinski definition) is 3. The van der Waals surface area contributed by atoms with Crippen LogP contribution in [0.3, 0.4) is 0 Å². The fourth-order valence-corrected chi connectivity index (χ4v) is 3.76. The first kappa shape index (κ1) is 18.9. The number of nitrogens with zero attached hydrogens (tertiary/aromatic N) is 2. The molecule has 0 spiro atoms. The molecule has 1 aliphatic heterocycles. The highest BCUT2D eigenvalue weighted by atomic mass is 16.5. The fraction of sp³-hybridized carbons (Fsp3) is 0.200. The van der Waals surface area contributed by atoms with Crippen LogP contribution in [0.5, 0.6) is 5.75 Å². The van der Waals surface area contributed by atoms with Crippen LogP contribution in [-0.2, 0) is 11.2 Å². The number of methoxy groups -OCH3 is 1. The molecule has 4 heteroatoms. The SMILES string of the molecule is CCN1C(=O)[C@@H](Cc2ccccc2)N=C(c2ccc(OC)cc2)c2ccccc21. The molecular weight excluding hydrogens is 360 g/mol. The monoisotopic (exact) mass is 384 g/mol. The van der Waals surface area contributed by atoms with Crippen LogP contribution >= 0.6 is 0 Å². The van der Waals surface area contributed by atoms with E-state index in [0.29, 0.717) is 13.0 Å². The van der Waals surface area contributed by atoms with Crippen LogP contribution in [0.2, 0.25) is 0 Å². The van der Waals surface area contributed by atoms with Crippen LogP contribution < -0.4 is 9.64 Å². The second-order valence-electron chi connectivity index (χ2n) is 7.01. The summed E-state index contributed by atoms with van der Waals surface area (Å²) in [6.07, 6.45) is 0.573. The summed E-state index contributed by atoms with van der Waals surface area (Å²) in [7, 11) is 1.65. The van der Waals surface area contributed by atoms with Crippen LogP contribution in [0.25, 0.3) is 0 Å². The van der Waals surface area contributed by atoms with E-state index in [1.54, 1.807) is 7.11 Å². The van der Waals surface area contributed by atoms with Gasteiger partial charge in [-0.1, -0.05) is 48.5 Å². The molecule has 29 heavy (non-hydrogen) atoms. The molecule has 0 unspecified atom stereocenters. The van der Waals surface area contributed by atoms with E-state index in [9.17, 15) is 4.79 Å². The summed E-state index contributed by atoms with van der Waals surface area (Å²) in [4.78, 5) is 20.3. The molecule has 0 aromatic heterocycles. The number of carbonyl (C=O) groups is 1. The summed E-state index contributed by atoms with van der Waals surface area (Å²) in [5.74, 6) is 0.829. The van der Waals surface area contributed by atoms with Crippen molar-refractivity contribution < 1.29 is 9.53 Å². The molecule has 3 aromatic carbocycles. The first-order chi connectivity index (χ1) is 14.2. The molecule has 0 bridgehead atoms. The summed E-state index contributed by atoms with van der Waals surface area (Å²) in [6, 6.07) is 25.5. The molecule has 0 aliphatic carbocycles. The maximum Gasteiger partial charge on any atom is 0.252 e. The van der Waals surface area contributed by atoms with Gasteiger partial charge in [-0.3, -0.25) is 9.79 Å². The molecule has 4 nitrogen and oxygen atoms in total. The Morgan fingerprint density at radius 3 is 2.31 bits per heavy atom. The van der Waals surface area contributed by atoms with Crippen molar-refractivity contribution in [1.29, 1.82) is 0 Å². The van der Waals surface area contributed by atoms with Crippen LogP contribution in [0.1, 0.15) is 23.6 Å². The number of rotatable bonds is 5. The molecule has 1 amide bonds. The van der Waals surface area contributed by atoms with Crippen LogP contribution in [-0.4, -0.2) is 31.3 Å². The van der Waals surface area contributed by atoms with Gasteiger partial charge in [-0.15, -0.1) is 0 Å². The number of hydrogen-bond donors (Lipinski definition) is 0. The number of benzene rings is 3. The van der Waals surface area contributed by atoms with Crippen molar-refractivity contribution in [1.82, 2.24) is 0 Å². The number of benzodiazepines with no additional fused rings is 1. The maximum atomic E-state index is 13.4. The standard InChI is InChI=1S/C25H24N2O2/c1-3-27-23-12-8-7-11-21(23)24(19-13-15-20(29-2)16-14-19)26-22(25(27)28)17-18-9-5-4-6-10-18/h4-16,22H,3,17H2,1-2H3/t22-/m1/s1. The lowest BCUT2D eigenvalue weighted by atomic mass is 10.00. The first-order valence-electron chi connectivity index (χ1n) is 9.88. The minimum atomic E-state index is -0.471. The zero-order valence-corrected chi connectivity index (χ0v) is 16.7. The molecule has 146 valence electrons. The van der Waals surface area contributed by atoms with Crippen molar-refractivity contribution in [3.63, 3.8) is 0 Å². The summed E-state index contributed by atoms with van der Waals surface area (Å²) < 4.78 is 5.30. The van der Waals surface area contributed by atoms with Crippen molar-refractivity contribution in [3.05, 3.63) is 95.6 Å². The first-order valence-corrected chi connectivity index (χ1v) is 9.88. The lowest BCUT2D eigenvalue weighted by Gasteiger charge is -2.23. The van der Waals surface area contributed by atoms with E-state index in [2.05, 4.69) is 0 Å². The zero-order valence-electron chi connectivity index (χ0n) is 16.7. The van der Waals surface area contributed by atoms with Crippen molar-refractivity contribution in [2.75, 3.05) is 18.6 Å². The topological polar surface area (TPSA) is 41.9 Å². The van der Waals surface area contributed by atoms with Crippen LogP contribution in [0, 0.1) is 0 Å². The van der Waals surface area contributed by atoms with Gasteiger partial charge in [-0.2, -0.15) is 0 Å². The largest absolute Gasteiger partial charge is 0.497 e. The van der Waals surface area contributed by atoms with Crippen LogP contribution in [0.4, 0.5) is 5.69 Å². The van der Waals surface area contributed by atoms with E-state index in [-0.39, 0.29) is 5.91 Å². The van der Waals surface area contributed by atoms with Gasteiger partial charge >= 0.3 is 0 Å². The molecule has 0 N–H and O–H groups in total. The predicted molar refractivity (Wildman–Crippen MR) is 117 cm³/mol. The molecular formula is C25H24N2O2. The van der Waals surface area contributed by atoms with Gasteiger partial charge in [0.1, 0.15) is 11.8 Å². The second kappa shape index (κ2) is 8.31. The third-order valence-corrected chi connectivity index (χ3v) is 5.24. The van der Waals surface area contributed by atoms with Crippen LogP contribution in [0.15, 0.2) is 83.9 Å². The highest BCUT2D eigenvalue weighted by Crippen LogP contribution is 2.29. The number of anilines is 1. The third-order valence-electron chi connectivity index (χ3n) is 5.24. The van der Waals surface area contributed by atoms with E-state index >= 15 is 0 Å². The molecule has 1 aliphatic rings. The second-order valence-corrected chi connectivity index (χ2v) is 7.01. The van der Waals surface area contributed by atoms with Gasteiger partial charge in [0.2, 0.25) is 0 Å². The normalized spacial score (nSPS) is 16.1. The molecule has 0 saturated heterocycles. The molecule has 1 atom stereocenters. The van der Waals surface area contributed by atoms with Crippen molar-refractivity contribution >= 4 is 17.3 Å². The van der Waals surface area contributed by atoms with Gasteiger partial charge < -0.3 is 9.64 Å². The Kier molecular flexibility index (Phi) is 5.43. The summed E-state index contributed by atoms with van der Waals surface area (Å²) in [5.41, 5.74) is 4.80. The number of likely N-dealkylation sites (N-methyl/N-ethyl adjacent to an activating group) is 1. The molecule has 4 rings (SSSR count). The van der Waals surface area contributed by atoms with Gasteiger partial charge in [-0.05, 0) is 42.8 Å². The van der Waals surface area contributed by atoms with Crippen molar-refractivity contribution in [3.8, 4) is 5.75 Å². The summed E-state index contributed by atoms with van der Waals surface area (Å²) in [6.45, 7) is 2.61. The smallest absolute Gasteiger partial charge is 0.252 e. The molecule has 0 fully saturated rings. The number of ether oxygens (including phenoxy) is 1. The number of para-hydroxylation sites is 1. The van der Waals surface area contributed by atoms with Gasteiger partial charge in [0.15, 0.2) is 0 Å². The highest BCUT2D eigenvalue weighted by molar-refractivity contribution is 6.20. The van der Waals surface area contributed by atoms with Gasteiger partial charge in [-0.25, -0.2) is 0 Å². The summed E-state index contributed by atoms with van der Waals surface area (Å²) in [5, 5.41) is 0. The average Bonchev–Trinajstić information content (AvgIpc) is 2.89. The lowest BCUT2D eigenvalue weighted by Crippen LogP contribution is -2.38. The minimum Gasteiger partial charge on any atom is -0.497 e.